The van der Waals surface area contributed by atoms with Crippen molar-refractivity contribution in [1.29, 1.82) is 0 Å². The molecule has 1 aromatic carbocycles. The third-order valence-electron chi connectivity index (χ3n) is 2.60. The van der Waals surface area contributed by atoms with Crippen LogP contribution in [0.1, 0.15) is 12.0 Å². The minimum Gasteiger partial charge on any atom is -0.256 e. The van der Waals surface area contributed by atoms with Crippen LogP contribution in [0.15, 0.2) is 59.7 Å². The summed E-state index contributed by atoms with van der Waals surface area (Å²) in [5.74, 6) is 0. The molecule has 2 rings (SSSR count). The number of halogens is 1. The second-order valence-electron chi connectivity index (χ2n) is 3.89. The summed E-state index contributed by atoms with van der Waals surface area (Å²) in [7, 11) is 0. The fraction of sp³-hybridized carbons (Fsp3) is 0.133. The normalized spacial score (nSPS) is 10.2. The lowest BCUT2D eigenvalue weighted by atomic mass is 10.1. The average molecular weight is 288 g/mol. The summed E-state index contributed by atoms with van der Waals surface area (Å²) >= 11 is 3.43. The summed E-state index contributed by atoms with van der Waals surface area (Å²) in [5, 5.41) is 0. The number of allylic oxidation sites excluding steroid dienone is 1. The van der Waals surface area contributed by atoms with Gasteiger partial charge in [-0.05, 0) is 36.6 Å². The summed E-state index contributed by atoms with van der Waals surface area (Å²) in [6.07, 6.45) is 5.89. The van der Waals surface area contributed by atoms with Crippen LogP contribution in [-0.4, -0.2) is 4.98 Å². The van der Waals surface area contributed by atoms with E-state index in [0.29, 0.717) is 0 Å². The maximum atomic E-state index is 4.48. The van der Waals surface area contributed by atoms with Gasteiger partial charge in [-0.1, -0.05) is 40.2 Å². The van der Waals surface area contributed by atoms with Gasteiger partial charge in [0.2, 0.25) is 0 Å². The van der Waals surface area contributed by atoms with Gasteiger partial charge >= 0.3 is 0 Å². The van der Waals surface area contributed by atoms with Gasteiger partial charge in [0.05, 0.1) is 5.69 Å². The molecule has 1 aromatic heterocycles. The zero-order chi connectivity index (χ0) is 12.1. The minimum atomic E-state index is 0.999. The quantitative estimate of drug-likeness (QED) is 0.747. The van der Waals surface area contributed by atoms with Crippen molar-refractivity contribution in [3.63, 3.8) is 0 Å². The maximum absolute atomic E-state index is 4.48. The first-order valence-electron chi connectivity index (χ1n) is 5.61. The Bertz CT molecular complexity index is 485. The number of hydrogen-bond acceptors (Lipinski definition) is 1. The van der Waals surface area contributed by atoms with Gasteiger partial charge in [0.15, 0.2) is 0 Å². The number of hydrogen-bond donors (Lipinski definition) is 0. The third-order valence-corrected chi connectivity index (χ3v) is 3.13. The summed E-state index contributed by atoms with van der Waals surface area (Å²) in [6, 6.07) is 12.4. The second kappa shape index (κ2) is 5.78. The van der Waals surface area contributed by atoms with Gasteiger partial charge in [-0.2, -0.15) is 0 Å². The highest BCUT2D eigenvalue weighted by Crippen LogP contribution is 2.20. The molecule has 0 unspecified atom stereocenters. The third kappa shape index (κ3) is 3.27. The molecule has 0 amide bonds. The standard InChI is InChI=1S/C15H14BrN/c1-2-3-4-12-5-10-15(17-11-12)13-6-8-14(16)9-7-13/h2,5-11H,1,3-4H2. The number of benzene rings is 1. The molecular weight excluding hydrogens is 274 g/mol. The molecule has 1 heterocycles. The summed E-state index contributed by atoms with van der Waals surface area (Å²) in [6.45, 7) is 3.72. The maximum Gasteiger partial charge on any atom is 0.0702 e. The highest BCUT2D eigenvalue weighted by atomic mass is 79.9. The van der Waals surface area contributed by atoms with Crippen molar-refractivity contribution in [3.05, 3.63) is 65.3 Å². The Morgan fingerprint density at radius 2 is 1.88 bits per heavy atom. The van der Waals surface area contributed by atoms with Crippen LogP contribution in [0.2, 0.25) is 0 Å². The molecule has 0 fully saturated rings. The van der Waals surface area contributed by atoms with E-state index in [2.05, 4.69) is 51.8 Å². The molecule has 0 aliphatic heterocycles. The van der Waals surface area contributed by atoms with E-state index < -0.39 is 0 Å². The van der Waals surface area contributed by atoms with E-state index in [4.69, 9.17) is 0 Å². The number of aryl methyl sites for hydroxylation is 1. The van der Waals surface area contributed by atoms with Gasteiger partial charge in [-0.15, -0.1) is 6.58 Å². The lowest BCUT2D eigenvalue weighted by Crippen LogP contribution is -1.88. The molecule has 0 saturated carbocycles. The van der Waals surface area contributed by atoms with Crippen molar-refractivity contribution >= 4 is 15.9 Å². The van der Waals surface area contributed by atoms with Crippen molar-refractivity contribution in [3.8, 4) is 11.3 Å². The number of rotatable bonds is 4. The van der Waals surface area contributed by atoms with Crippen LogP contribution in [0.5, 0.6) is 0 Å². The van der Waals surface area contributed by atoms with Gasteiger partial charge in [-0.3, -0.25) is 4.98 Å². The summed E-state index contributed by atoms with van der Waals surface area (Å²) in [5.41, 5.74) is 3.41. The Morgan fingerprint density at radius 1 is 1.12 bits per heavy atom. The Hall–Kier alpha value is -1.41. The van der Waals surface area contributed by atoms with Crippen molar-refractivity contribution in [2.24, 2.45) is 0 Å². The number of aromatic nitrogens is 1. The summed E-state index contributed by atoms with van der Waals surface area (Å²) < 4.78 is 1.09. The van der Waals surface area contributed by atoms with E-state index in [9.17, 15) is 0 Å². The topological polar surface area (TPSA) is 12.9 Å². The zero-order valence-electron chi connectivity index (χ0n) is 9.57. The van der Waals surface area contributed by atoms with Crippen LogP contribution in [0, 0.1) is 0 Å². The van der Waals surface area contributed by atoms with Crippen LogP contribution in [0.25, 0.3) is 11.3 Å². The van der Waals surface area contributed by atoms with E-state index >= 15 is 0 Å². The van der Waals surface area contributed by atoms with Crippen molar-refractivity contribution in [2.75, 3.05) is 0 Å². The molecule has 2 heteroatoms. The molecule has 17 heavy (non-hydrogen) atoms. The zero-order valence-corrected chi connectivity index (χ0v) is 11.2. The fourth-order valence-corrected chi connectivity index (χ4v) is 1.90. The lowest BCUT2D eigenvalue weighted by molar-refractivity contribution is 0.991. The molecule has 0 atom stereocenters. The molecule has 86 valence electrons. The Kier molecular flexibility index (Phi) is 4.10. The molecule has 1 nitrogen and oxygen atoms in total. The predicted molar refractivity (Wildman–Crippen MR) is 75.9 cm³/mol. The Balaban J connectivity index is 2.17. The highest BCUT2D eigenvalue weighted by Gasteiger charge is 1.99. The van der Waals surface area contributed by atoms with Gasteiger partial charge in [0, 0.05) is 16.2 Å². The van der Waals surface area contributed by atoms with Crippen LogP contribution in [0.4, 0.5) is 0 Å². The van der Waals surface area contributed by atoms with Crippen molar-refractivity contribution in [1.82, 2.24) is 4.98 Å². The predicted octanol–water partition coefficient (Wildman–Crippen LogP) is 4.63. The monoisotopic (exact) mass is 287 g/mol. The Morgan fingerprint density at radius 3 is 2.47 bits per heavy atom. The van der Waals surface area contributed by atoms with E-state index in [0.717, 1.165) is 28.6 Å². The SMILES string of the molecule is C=CCCc1ccc(-c2ccc(Br)cc2)nc1. The average Bonchev–Trinajstić information content (AvgIpc) is 2.38. The molecule has 0 aliphatic carbocycles. The van der Waals surface area contributed by atoms with Gasteiger partial charge in [-0.25, -0.2) is 0 Å². The molecule has 0 radical (unpaired) electrons. The largest absolute Gasteiger partial charge is 0.256 e. The number of nitrogens with zero attached hydrogens (tertiary/aromatic N) is 1. The molecule has 0 aliphatic rings. The minimum absolute atomic E-state index is 0.999. The van der Waals surface area contributed by atoms with Crippen molar-refractivity contribution < 1.29 is 0 Å². The summed E-state index contributed by atoms with van der Waals surface area (Å²) in [4.78, 5) is 4.48. The highest BCUT2D eigenvalue weighted by molar-refractivity contribution is 9.10. The van der Waals surface area contributed by atoms with Gasteiger partial charge in [0.25, 0.3) is 0 Å². The van der Waals surface area contributed by atoms with Crippen LogP contribution >= 0.6 is 15.9 Å². The van der Waals surface area contributed by atoms with Crippen LogP contribution in [0.3, 0.4) is 0 Å². The van der Waals surface area contributed by atoms with Crippen molar-refractivity contribution in [2.45, 2.75) is 12.8 Å². The second-order valence-corrected chi connectivity index (χ2v) is 4.80. The first kappa shape index (κ1) is 12.1. The fourth-order valence-electron chi connectivity index (χ4n) is 1.63. The molecule has 0 N–H and O–H groups in total. The number of pyridine rings is 1. The van der Waals surface area contributed by atoms with E-state index in [1.807, 2.05) is 24.4 Å². The first-order chi connectivity index (χ1) is 8.29. The molecular formula is C15H14BrN. The van der Waals surface area contributed by atoms with Gasteiger partial charge < -0.3 is 0 Å². The van der Waals surface area contributed by atoms with Gasteiger partial charge in [0.1, 0.15) is 0 Å². The lowest BCUT2D eigenvalue weighted by Gasteiger charge is -2.03. The first-order valence-corrected chi connectivity index (χ1v) is 6.40. The smallest absolute Gasteiger partial charge is 0.0702 e. The Labute approximate surface area is 110 Å². The molecule has 2 aromatic rings. The van der Waals surface area contributed by atoms with E-state index in [1.165, 1.54) is 5.56 Å². The molecule has 0 bridgehead atoms. The van der Waals surface area contributed by atoms with E-state index in [-0.39, 0.29) is 0 Å². The molecule has 0 saturated heterocycles. The molecule has 0 spiro atoms. The van der Waals surface area contributed by atoms with E-state index in [1.54, 1.807) is 0 Å². The van der Waals surface area contributed by atoms with Crippen LogP contribution < -0.4 is 0 Å². The van der Waals surface area contributed by atoms with Crippen LogP contribution in [-0.2, 0) is 6.42 Å².